The summed E-state index contributed by atoms with van der Waals surface area (Å²) in [7, 11) is 0. The van der Waals surface area contributed by atoms with E-state index in [1.54, 1.807) is 6.92 Å². The van der Waals surface area contributed by atoms with Gasteiger partial charge in [-0.2, -0.15) is 0 Å². The molecule has 0 unspecified atom stereocenters. The van der Waals surface area contributed by atoms with E-state index in [1.807, 2.05) is 0 Å². The lowest BCUT2D eigenvalue weighted by Crippen LogP contribution is -1.83. The van der Waals surface area contributed by atoms with Crippen molar-refractivity contribution in [2.75, 3.05) is 0 Å². The topological polar surface area (TPSA) is 0 Å². The Morgan fingerprint density at radius 2 is 1.75 bits per heavy atom. The molecule has 0 aromatic rings. The quantitative estimate of drug-likeness (QED) is 0.642. The van der Waals surface area contributed by atoms with Crippen molar-refractivity contribution < 1.29 is 0 Å². The standard InChI is InChI=1S/C4H4Br2Cl2/c1-2(7)3(8)4(5)6/h4H,1H3. The van der Waals surface area contributed by atoms with Gasteiger partial charge < -0.3 is 0 Å². The van der Waals surface area contributed by atoms with Crippen LogP contribution < -0.4 is 0 Å². The molecule has 0 heterocycles. The zero-order valence-corrected chi connectivity index (χ0v) is 8.77. The Labute approximate surface area is 75.5 Å². The highest BCUT2D eigenvalue weighted by Gasteiger charge is 2.04. The van der Waals surface area contributed by atoms with Crippen molar-refractivity contribution in [1.29, 1.82) is 0 Å². The molecule has 0 aliphatic carbocycles. The molecule has 0 aromatic heterocycles. The number of hydrogen-bond donors (Lipinski definition) is 0. The van der Waals surface area contributed by atoms with Gasteiger partial charge in [0.1, 0.15) is 3.74 Å². The van der Waals surface area contributed by atoms with Gasteiger partial charge in [0.25, 0.3) is 0 Å². The molecule has 0 rings (SSSR count). The van der Waals surface area contributed by atoms with Crippen molar-refractivity contribution in [3.05, 3.63) is 10.1 Å². The number of rotatable bonds is 1. The second kappa shape index (κ2) is 4.15. The van der Waals surface area contributed by atoms with Crippen LogP contribution in [0.25, 0.3) is 0 Å². The van der Waals surface area contributed by atoms with Gasteiger partial charge in [-0.05, 0) is 6.92 Å². The first-order valence-electron chi connectivity index (χ1n) is 1.85. The van der Waals surface area contributed by atoms with Crippen LogP contribution in [0.15, 0.2) is 10.1 Å². The molecule has 0 aromatic carbocycles. The minimum absolute atomic E-state index is 0.0193. The van der Waals surface area contributed by atoms with Crippen molar-refractivity contribution >= 4 is 55.1 Å². The molecule has 0 N–H and O–H groups in total. The van der Waals surface area contributed by atoms with Crippen LogP contribution in [0.2, 0.25) is 0 Å². The molecule has 0 aliphatic heterocycles. The molecular formula is C4H4Br2Cl2. The zero-order valence-electron chi connectivity index (χ0n) is 4.09. The minimum atomic E-state index is -0.0193. The molecule has 0 nitrogen and oxygen atoms in total. The summed E-state index contributed by atoms with van der Waals surface area (Å²) in [6.07, 6.45) is 0. The van der Waals surface area contributed by atoms with E-state index in [9.17, 15) is 0 Å². The highest BCUT2D eigenvalue weighted by Crippen LogP contribution is 2.26. The largest absolute Gasteiger partial charge is 0.106 e. The van der Waals surface area contributed by atoms with Crippen molar-refractivity contribution in [3.63, 3.8) is 0 Å². The molecule has 4 heteroatoms. The Bertz CT molecular complexity index is 105. The van der Waals surface area contributed by atoms with E-state index in [-0.39, 0.29) is 3.74 Å². The van der Waals surface area contributed by atoms with Gasteiger partial charge >= 0.3 is 0 Å². The maximum atomic E-state index is 5.60. The molecule has 8 heavy (non-hydrogen) atoms. The number of allylic oxidation sites excluding steroid dienone is 2. The van der Waals surface area contributed by atoms with Crippen LogP contribution in [0.5, 0.6) is 0 Å². The Balaban J connectivity index is 4.00. The van der Waals surface area contributed by atoms with Crippen molar-refractivity contribution in [2.24, 2.45) is 0 Å². The van der Waals surface area contributed by atoms with Crippen LogP contribution in [0.1, 0.15) is 6.92 Å². The van der Waals surface area contributed by atoms with Crippen molar-refractivity contribution in [3.8, 4) is 0 Å². The second-order valence-electron chi connectivity index (χ2n) is 1.18. The predicted molar refractivity (Wildman–Crippen MR) is 46.0 cm³/mol. The monoisotopic (exact) mass is 280 g/mol. The van der Waals surface area contributed by atoms with Gasteiger partial charge in [0.2, 0.25) is 0 Å². The molecular weight excluding hydrogens is 279 g/mol. The third-order valence-electron chi connectivity index (χ3n) is 0.521. The lowest BCUT2D eigenvalue weighted by molar-refractivity contribution is 1.53. The minimum Gasteiger partial charge on any atom is -0.0881 e. The Kier molecular flexibility index (Phi) is 4.82. The third kappa shape index (κ3) is 3.33. The van der Waals surface area contributed by atoms with E-state index in [0.29, 0.717) is 10.1 Å². The van der Waals surface area contributed by atoms with Crippen LogP contribution in [0.3, 0.4) is 0 Å². The van der Waals surface area contributed by atoms with Gasteiger partial charge in [0, 0.05) is 5.03 Å². The molecule has 48 valence electrons. The fourth-order valence-electron chi connectivity index (χ4n) is 0.150. The first-order valence-corrected chi connectivity index (χ1v) is 4.44. The van der Waals surface area contributed by atoms with Crippen molar-refractivity contribution in [2.45, 2.75) is 10.7 Å². The van der Waals surface area contributed by atoms with Crippen LogP contribution in [0, 0.1) is 0 Å². The number of halogens is 4. The first-order chi connectivity index (χ1) is 3.55. The van der Waals surface area contributed by atoms with E-state index in [4.69, 9.17) is 23.2 Å². The summed E-state index contributed by atoms with van der Waals surface area (Å²) in [6, 6.07) is 0. The average molecular weight is 283 g/mol. The normalized spacial score (nSPS) is 14.2. The summed E-state index contributed by atoms with van der Waals surface area (Å²) in [6.45, 7) is 1.74. The summed E-state index contributed by atoms with van der Waals surface area (Å²) in [4.78, 5) is 0. The Hall–Kier alpha value is 1.28. The SMILES string of the molecule is CC(Cl)=C(Cl)C(Br)Br. The van der Waals surface area contributed by atoms with Gasteiger partial charge in [-0.1, -0.05) is 55.1 Å². The summed E-state index contributed by atoms with van der Waals surface area (Å²) >= 11 is 17.5. The summed E-state index contributed by atoms with van der Waals surface area (Å²) < 4.78 is -0.0193. The fourth-order valence-corrected chi connectivity index (χ4v) is 1.21. The predicted octanol–water partition coefficient (Wildman–Crippen LogP) is 3.81. The smallest absolute Gasteiger partial charge is 0.0881 e. The molecule has 0 spiro atoms. The maximum absolute atomic E-state index is 5.60. The number of alkyl halides is 2. The van der Waals surface area contributed by atoms with E-state index in [2.05, 4.69) is 31.9 Å². The van der Waals surface area contributed by atoms with Gasteiger partial charge in [0.05, 0.1) is 5.03 Å². The Morgan fingerprint density at radius 1 is 1.38 bits per heavy atom. The van der Waals surface area contributed by atoms with E-state index in [1.165, 1.54) is 0 Å². The van der Waals surface area contributed by atoms with Crippen LogP contribution >= 0.6 is 55.1 Å². The highest BCUT2D eigenvalue weighted by atomic mass is 79.9. The molecule has 0 radical (unpaired) electrons. The van der Waals surface area contributed by atoms with Crippen LogP contribution in [-0.4, -0.2) is 3.74 Å². The van der Waals surface area contributed by atoms with E-state index in [0.717, 1.165) is 0 Å². The fraction of sp³-hybridized carbons (Fsp3) is 0.500. The Morgan fingerprint density at radius 3 is 1.75 bits per heavy atom. The lowest BCUT2D eigenvalue weighted by Gasteiger charge is -1.97. The molecule has 0 saturated heterocycles. The van der Waals surface area contributed by atoms with Crippen molar-refractivity contribution in [1.82, 2.24) is 0 Å². The first kappa shape index (κ1) is 9.28. The van der Waals surface area contributed by atoms with Gasteiger partial charge in [0.15, 0.2) is 0 Å². The molecule has 0 atom stereocenters. The highest BCUT2D eigenvalue weighted by molar-refractivity contribution is 9.24. The lowest BCUT2D eigenvalue weighted by atomic mass is 10.6. The summed E-state index contributed by atoms with van der Waals surface area (Å²) in [5, 5.41) is 1.19. The zero-order chi connectivity index (χ0) is 6.73. The van der Waals surface area contributed by atoms with Gasteiger partial charge in [-0.3, -0.25) is 0 Å². The van der Waals surface area contributed by atoms with Gasteiger partial charge in [-0.25, -0.2) is 0 Å². The molecule has 0 bridgehead atoms. The maximum Gasteiger partial charge on any atom is 0.106 e. The summed E-state index contributed by atoms with van der Waals surface area (Å²) in [5.74, 6) is 0. The second-order valence-corrected chi connectivity index (χ2v) is 5.22. The average Bonchev–Trinajstić information content (AvgIpc) is 1.64. The molecule has 0 fully saturated rings. The molecule has 0 saturated carbocycles. The van der Waals surface area contributed by atoms with Crippen LogP contribution in [0.4, 0.5) is 0 Å². The molecule has 0 aliphatic rings. The van der Waals surface area contributed by atoms with E-state index < -0.39 is 0 Å². The number of hydrogen-bond acceptors (Lipinski definition) is 0. The molecule has 0 amide bonds. The van der Waals surface area contributed by atoms with E-state index >= 15 is 0 Å². The summed E-state index contributed by atoms with van der Waals surface area (Å²) in [5.41, 5.74) is 0. The third-order valence-corrected chi connectivity index (χ3v) is 2.77. The van der Waals surface area contributed by atoms with Crippen LogP contribution in [-0.2, 0) is 0 Å². The van der Waals surface area contributed by atoms with Gasteiger partial charge in [-0.15, -0.1) is 0 Å².